The second-order valence-electron chi connectivity index (χ2n) is 7.04. The van der Waals surface area contributed by atoms with Gasteiger partial charge in [-0.05, 0) is 36.1 Å². The van der Waals surface area contributed by atoms with E-state index in [0.29, 0.717) is 19.4 Å². The minimum atomic E-state index is -0.149. The molecule has 0 aromatic heterocycles. The first-order valence-corrected chi connectivity index (χ1v) is 10.3. The van der Waals surface area contributed by atoms with Gasteiger partial charge in [-0.2, -0.15) is 0 Å². The van der Waals surface area contributed by atoms with Gasteiger partial charge in [0.1, 0.15) is 6.61 Å². The number of carbonyl (C=O) groups excluding carboxylic acids is 1. The number of carbonyl (C=O) groups is 1. The highest BCUT2D eigenvalue weighted by Gasteiger charge is 2.04. The smallest absolute Gasteiger partial charge is 0.306 e. The molecule has 2 aromatic carbocycles. The van der Waals surface area contributed by atoms with Crippen LogP contribution in [0.3, 0.4) is 0 Å². The Morgan fingerprint density at radius 3 is 2.30 bits per heavy atom. The molecular weight excluding hydrogens is 334 g/mol. The number of hydrogen-bond donors (Lipinski definition) is 1. The summed E-state index contributed by atoms with van der Waals surface area (Å²) in [6.45, 7) is 3.62. The van der Waals surface area contributed by atoms with Crippen LogP contribution >= 0.6 is 0 Å². The van der Waals surface area contributed by atoms with Crippen molar-refractivity contribution in [3.05, 3.63) is 65.7 Å². The second kappa shape index (κ2) is 13.0. The monoisotopic (exact) mass is 367 g/mol. The topological polar surface area (TPSA) is 38.3 Å². The Hall–Kier alpha value is -2.29. The fourth-order valence-corrected chi connectivity index (χ4v) is 2.98. The van der Waals surface area contributed by atoms with Gasteiger partial charge in [0.2, 0.25) is 0 Å². The van der Waals surface area contributed by atoms with Gasteiger partial charge in [0, 0.05) is 18.7 Å². The lowest BCUT2D eigenvalue weighted by atomic mass is 10.1. The molecule has 146 valence electrons. The van der Waals surface area contributed by atoms with Gasteiger partial charge in [-0.25, -0.2) is 0 Å². The lowest BCUT2D eigenvalue weighted by Gasteiger charge is -2.08. The molecule has 1 N–H and O–H groups in total. The van der Waals surface area contributed by atoms with Crippen LogP contribution in [0, 0.1) is 0 Å². The fraction of sp³-hybridized carbons (Fsp3) is 0.458. The average Bonchev–Trinajstić information content (AvgIpc) is 2.71. The molecule has 0 amide bonds. The first-order chi connectivity index (χ1) is 13.3. The number of benzene rings is 2. The van der Waals surface area contributed by atoms with Crippen molar-refractivity contribution in [1.29, 1.82) is 0 Å². The molecule has 2 rings (SSSR count). The van der Waals surface area contributed by atoms with Crippen molar-refractivity contribution in [1.82, 2.24) is 0 Å². The van der Waals surface area contributed by atoms with Gasteiger partial charge in [-0.1, -0.05) is 81.5 Å². The molecule has 3 nitrogen and oxygen atoms in total. The van der Waals surface area contributed by atoms with Crippen LogP contribution in [0.1, 0.15) is 63.0 Å². The number of ether oxygens (including phenoxy) is 1. The predicted octanol–water partition coefficient (Wildman–Crippen LogP) is 6.14. The molecule has 0 aliphatic rings. The number of unbranched alkanes of at least 4 members (excludes halogenated alkanes) is 5. The molecule has 0 aliphatic heterocycles. The van der Waals surface area contributed by atoms with E-state index < -0.39 is 0 Å². The van der Waals surface area contributed by atoms with Gasteiger partial charge in [0.05, 0.1) is 0 Å². The first-order valence-electron chi connectivity index (χ1n) is 10.3. The molecule has 0 heterocycles. The number of esters is 1. The highest BCUT2D eigenvalue weighted by atomic mass is 16.5. The lowest BCUT2D eigenvalue weighted by Crippen LogP contribution is -2.06. The van der Waals surface area contributed by atoms with Crippen LogP contribution in [0.2, 0.25) is 0 Å². The van der Waals surface area contributed by atoms with Crippen LogP contribution in [0.5, 0.6) is 0 Å². The van der Waals surface area contributed by atoms with Gasteiger partial charge in [0.15, 0.2) is 0 Å². The van der Waals surface area contributed by atoms with E-state index >= 15 is 0 Å². The SMILES string of the molecule is CCCCCCCCNc1ccc(CCC(=O)OCc2ccccc2)cc1. The molecule has 0 fully saturated rings. The maximum Gasteiger partial charge on any atom is 0.306 e. The summed E-state index contributed by atoms with van der Waals surface area (Å²) in [5.74, 6) is -0.149. The van der Waals surface area contributed by atoms with Gasteiger partial charge >= 0.3 is 5.97 Å². The molecule has 3 heteroatoms. The molecule has 27 heavy (non-hydrogen) atoms. The quantitative estimate of drug-likeness (QED) is 0.341. The Labute approximate surface area is 164 Å². The summed E-state index contributed by atoms with van der Waals surface area (Å²) in [5, 5.41) is 3.47. The second-order valence-corrected chi connectivity index (χ2v) is 7.04. The van der Waals surface area contributed by atoms with Crippen molar-refractivity contribution in [3.8, 4) is 0 Å². The molecule has 0 atom stereocenters. The van der Waals surface area contributed by atoms with Crippen molar-refractivity contribution >= 4 is 11.7 Å². The van der Waals surface area contributed by atoms with Crippen LogP contribution in [-0.2, 0) is 22.6 Å². The minimum Gasteiger partial charge on any atom is -0.461 e. The van der Waals surface area contributed by atoms with Crippen molar-refractivity contribution in [3.63, 3.8) is 0 Å². The summed E-state index contributed by atoms with van der Waals surface area (Å²) in [4.78, 5) is 11.9. The van der Waals surface area contributed by atoms with E-state index in [1.165, 1.54) is 38.5 Å². The number of nitrogens with one attached hydrogen (secondary N) is 1. The summed E-state index contributed by atoms with van der Waals surface area (Å²) in [5.41, 5.74) is 3.34. The van der Waals surface area contributed by atoms with Gasteiger partial charge in [-0.15, -0.1) is 0 Å². The fourth-order valence-electron chi connectivity index (χ4n) is 2.98. The van der Waals surface area contributed by atoms with E-state index in [2.05, 4.69) is 36.5 Å². The average molecular weight is 368 g/mol. The molecule has 0 spiro atoms. The zero-order valence-electron chi connectivity index (χ0n) is 16.6. The summed E-state index contributed by atoms with van der Waals surface area (Å²) in [6.07, 6.45) is 9.01. The minimum absolute atomic E-state index is 0.149. The van der Waals surface area contributed by atoms with E-state index in [1.807, 2.05) is 30.3 Å². The van der Waals surface area contributed by atoms with Crippen molar-refractivity contribution < 1.29 is 9.53 Å². The summed E-state index contributed by atoms with van der Waals surface area (Å²) < 4.78 is 5.32. The van der Waals surface area contributed by atoms with E-state index in [-0.39, 0.29) is 5.97 Å². The predicted molar refractivity (Wildman–Crippen MR) is 113 cm³/mol. The highest BCUT2D eigenvalue weighted by Crippen LogP contribution is 2.13. The molecule has 0 bridgehead atoms. The molecule has 0 saturated heterocycles. The molecule has 2 aromatic rings. The Bertz CT molecular complexity index is 637. The normalized spacial score (nSPS) is 10.6. The third-order valence-corrected chi connectivity index (χ3v) is 4.67. The molecule has 0 unspecified atom stereocenters. The number of aryl methyl sites for hydroxylation is 1. The summed E-state index contributed by atoms with van der Waals surface area (Å²) in [6, 6.07) is 18.2. The van der Waals surface area contributed by atoms with E-state index in [0.717, 1.165) is 23.4 Å². The van der Waals surface area contributed by atoms with E-state index in [1.54, 1.807) is 0 Å². The van der Waals surface area contributed by atoms with E-state index in [9.17, 15) is 4.79 Å². The van der Waals surface area contributed by atoms with Crippen LogP contribution in [0.4, 0.5) is 5.69 Å². The number of hydrogen-bond acceptors (Lipinski definition) is 3. The summed E-state index contributed by atoms with van der Waals surface area (Å²) >= 11 is 0. The summed E-state index contributed by atoms with van der Waals surface area (Å²) in [7, 11) is 0. The Kier molecular flexibility index (Phi) is 10.1. The van der Waals surface area contributed by atoms with E-state index in [4.69, 9.17) is 4.74 Å². The van der Waals surface area contributed by atoms with Crippen LogP contribution in [-0.4, -0.2) is 12.5 Å². The third-order valence-electron chi connectivity index (χ3n) is 4.67. The Morgan fingerprint density at radius 2 is 1.56 bits per heavy atom. The van der Waals surface area contributed by atoms with Crippen molar-refractivity contribution in [2.75, 3.05) is 11.9 Å². The maximum absolute atomic E-state index is 11.9. The maximum atomic E-state index is 11.9. The standard InChI is InChI=1S/C24H33NO2/c1-2-3-4-5-6-10-19-25-23-16-13-21(14-17-23)15-18-24(26)27-20-22-11-8-7-9-12-22/h7-9,11-14,16-17,25H,2-6,10,15,18-20H2,1H3. The van der Waals surface area contributed by atoms with Gasteiger partial charge in [0.25, 0.3) is 0 Å². The van der Waals surface area contributed by atoms with Crippen molar-refractivity contribution in [2.24, 2.45) is 0 Å². The van der Waals surface area contributed by atoms with Gasteiger partial charge in [-0.3, -0.25) is 4.79 Å². The lowest BCUT2D eigenvalue weighted by molar-refractivity contribution is -0.144. The molecular formula is C24H33NO2. The van der Waals surface area contributed by atoms with Crippen LogP contribution in [0.25, 0.3) is 0 Å². The molecule has 0 radical (unpaired) electrons. The largest absolute Gasteiger partial charge is 0.461 e. The van der Waals surface area contributed by atoms with Crippen LogP contribution < -0.4 is 5.32 Å². The number of anilines is 1. The molecule has 0 aliphatic carbocycles. The highest BCUT2D eigenvalue weighted by molar-refractivity contribution is 5.69. The zero-order valence-corrected chi connectivity index (χ0v) is 16.6. The first kappa shape index (κ1) is 21.0. The van der Waals surface area contributed by atoms with Gasteiger partial charge < -0.3 is 10.1 Å². The van der Waals surface area contributed by atoms with Crippen molar-refractivity contribution in [2.45, 2.75) is 64.9 Å². The molecule has 0 saturated carbocycles. The zero-order chi connectivity index (χ0) is 19.2. The Balaban J connectivity index is 1.58. The third kappa shape index (κ3) is 9.28. The van der Waals surface area contributed by atoms with Crippen LogP contribution in [0.15, 0.2) is 54.6 Å². The Morgan fingerprint density at radius 1 is 0.852 bits per heavy atom. The number of rotatable bonds is 13.